The number of pyridine rings is 1. The Morgan fingerprint density at radius 3 is 2.70 bits per heavy atom. The number of rotatable bonds is 6. The highest BCUT2D eigenvalue weighted by Crippen LogP contribution is 2.22. The van der Waals surface area contributed by atoms with E-state index in [2.05, 4.69) is 22.1 Å². The lowest BCUT2D eigenvalue weighted by Crippen LogP contribution is -2.29. The Morgan fingerprint density at radius 2 is 1.81 bits per heavy atom. The summed E-state index contributed by atoms with van der Waals surface area (Å²) in [6.45, 7) is 2.37. The molecular weight excluding hydrogens is 340 g/mol. The van der Waals surface area contributed by atoms with Gasteiger partial charge in [-0.25, -0.2) is 0 Å². The molecule has 1 heterocycles. The van der Waals surface area contributed by atoms with Crippen molar-refractivity contribution in [1.82, 2.24) is 10.3 Å². The van der Waals surface area contributed by atoms with Crippen LogP contribution in [0, 0.1) is 18.8 Å². The van der Waals surface area contributed by atoms with Crippen LogP contribution in [0.25, 0.3) is 10.9 Å². The predicted octanol–water partition coefficient (Wildman–Crippen LogP) is 3.12. The Kier molecular flexibility index (Phi) is 6.26. The van der Waals surface area contributed by atoms with Crippen molar-refractivity contribution >= 4 is 16.8 Å². The standard InChI is InChI=1S/C22H20N2O3/c1-17-8-2-3-11-19(17)27-16-21(25)23-13-4-5-15-26-20-12-6-9-18-10-7-14-24-22(18)20/h2-3,6-12,14H,13,15-16H2,1H3,(H,23,25). The minimum absolute atomic E-state index is 0.0370. The van der Waals surface area contributed by atoms with Gasteiger partial charge in [-0.3, -0.25) is 9.78 Å². The van der Waals surface area contributed by atoms with Crippen molar-refractivity contribution in [3.8, 4) is 23.3 Å². The van der Waals surface area contributed by atoms with E-state index in [-0.39, 0.29) is 25.7 Å². The van der Waals surface area contributed by atoms with E-state index in [0.717, 1.165) is 16.5 Å². The highest BCUT2D eigenvalue weighted by molar-refractivity contribution is 5.84. The zero-order valence-corrected chi connectivity index (χ0v) is 15.1. The molecule has 0 radical (unpaired) electrons. The molecule has 0 aliphatic carbocycles. The summed E-state index contributed by atoms with van der Waals surface area (Å²) in [6, 6.07) is 17.2. The number of hydrogen-bond acceptors (Lipinski definition) is 4. The van der Waals surface area contributed by atoms with Gasteiger partial charge in [0.1, 0.15) is 23.6 Å². The summed E-state index contributed by atoms with van der Waals surface area (Å²) in [5.41, 5.74) is 1.80. The molecule has 0 saturated heterocycles. The van der Waals surface area contributed by atoms with Crippen molar-refractivity contribution in [3.63, 3.8) is 0 Å². The number of carbonyl (C=O) groups is 1. The Labute approximate surface area is 158 Å². The van der Waals surface area contributed by atoms with Crippen LogP contribution in [-0.2, 0) is 4.79 Å². The van der Waals surface area contributed by atoms with Crippen molar-refractivity contribution in [1.29, 1.82) is 0 Å². The topological polar surface area (TPSA) is 60.5 Å². The highest BCUT2D eigenvalue weighted by atomic mass is 16.5. The first kappa shape index (κ1) is 18.3. The van der Waals surface area contributed by atoms with E-state index >= 15 is 0 Å². The van der Waals surface area contributed by atoms with E-state index in [9.17, 15) is 4.79 Å². The second-order valence-corrected chi connectivity index (χ2v) is 5.80. The molecule has 3 rings (SSSR count). The van der Waals surface area contributed by atoms with Gasteiger partial charge in [0.25, 0.3) is 5.91 Å². The van der Waals surface area contributed by atoms with Gasteiger partial charge in [-0.1, -0.05) is 48.2 Å². The maximum Gasteiger partial charge on any atom is 0.258 e. The first-order chi connectivity index (χ1) is 13.2. The van der Waals surface area contributed by atoms with E-state index in [4.69, 9.17) is 9.47 Å². The third-order valence-electron chi connectivity index (χ3n) is 3.85. The first-order valence-corrected chi connectivity index (χ1v) is 8.61. The highest BCUT2D eigenvalue weighted by Gasteiger charge is 2.03. The molecule has 0 fully saturated rings. The molecule has 5 heteroatoms. The molecule has 27 heavy (non-hydrogen) atoms. The van der Waals surface area contributed by atoms with Gasteiger partial charge in [-0.2, -0.15) is 0 Å². The Bertz CT molecular complexity index is 984. The number of aromatic nitrogens is 1. The molecule has 5 nitrogen and oxygen atoms in total. The van der Waals surface area contributed by atoms with Crippen molar-refractivity contribution < 1.29 is 14.3 Å². The Morgan fingerprint density at radius 1 is 1.00 bits per heavy atom. The smallest absolute Gasteiger partial charge is 0.258 e. The fraction of sp³-hybridized carbons (Fsp3) is 0.182. The van der Waals surface area contributed by atoms with Gasteiger partial charge in [-0.15, -0.1) is 0 Å². The number of benzene rings is 2. The molecule has 136 valence electrons. The van der Waals surface area contributed by atoms with Crippen LogP contribution in [0.4, 0.5) is 0 Å². The van der Waals surface area contributed by atoms with Gasteiger partial charge < -0.3 is 14.8 Å². The van der Waals surface area contributed by atoms with E-state index in [1.165, 1.54) is 0 Å². The second kappa shape index (κ2) is 9.25. The van der Waals surface area contributed by atoms with Crippen molar-refractivity contribution in [3.05, 3.63) is 66.4 Å². The molecule has 0 saturated carbocycles. The van der Waals surface area contributed by atoms with Crippen LogP contribution < -0.4 is 14.8 Å². The maximum absolute atomic E-state index is 11.8. The SMILES string of the molecule is Cc1ccccc1OCC(=O)NCC#CCOc1cccc2cccnc12. The molecule has 1 amide bonds. The first-order valence-electron chi connectivity index (χ1n) is 8.61. The van der Waals surface area contributed by atoms with Gasteiger partial charge in [0.2, 0.25) is 0 Å². The van der Waals surface area contributed by atoms with Crippen LogP contribution in [0.15, 0.2) is 60.8 Å². The fourth-order valence-electron chi connectivity index (χ4n) is 2.48. The number of nitrogens with one attached hydrogen (secondary N) is 1. The third kappa shape index (κ3) is 5.23. The van der Waals surface area contributed by atoms with Gasteiger partial charge in [0.05, 0.1) is 6.54 Å². The minimum atomic E-state index is -0.216. The summed E-state index contributed by atoms with van der Waals surface area (Å²) >= 11 is 0. The van der Waals surface area contributed by atoms with E-state index in [1.54, 1.807) is 6.20 Å². The summed E-state index contributed by atoms with van der Waals surface area (Å²) in [7, 11) is 0. The average molecular weight is 360 g/mol. The molecule has 0 bridgehead atoms. The van der Waals surface area contributed by atoms with Crippen molar-refractivity contribution in [2.75, 3.05) is 19.8 Å². The Balaban J connectivity index is 1.40. The quantitative estimate of drug-likeness (QED) is 0.686. The zero-order valence-electron chi connectivity index (χ0n) is 15.1. The van der Waals surface area contributed by atoms with Gasteiger partial charge in [0, 0.05) is 11.6 Å². The number of fused-ring (bicyclic) bond motifs is 1. The van der Waals surface area contributed by atoms with Crippen LogP contribution in [0.5, 0.6) is 11.5 Å². The number of carbonyl (C=O) groups excluding carboxylic acids is 1. The van der Waals surface area contributed by atoms with Crippen LogP contribution in [0.3, 0.4) is 0 Å². The summed E-state index contributed by atoms with van der Waals surface area (Å²) in [6.07, 6.45) is 1.73. The average Bonchev–Trinajstić information content (AvgIpc) is 2.70. The van der Waals surface area contributed by atoms with Gasteiger partial charge in [-0.05, 0) is 30.7 Å². The maximum atomic E-state index is 11.8. The number of para-hydroxylation sites is 2. The molecular formula is C22H20N2O3. The monoisotopic (exact) mass is 360 g/mol. The lowest BCUT2D eigenvalue weighted by molar-refractivity contribution is -0.122. The number of ether oxygens (including phenoxy) is 2. The molecule has 1 N–H and O–H groups in total. The minimum Gasteiger partial charge on any atom is -0.484 e. The Hall–Kier alpha value is -3.52. The normalized spacial score (nSPS) is 9.96. The van der Waals surface area contributed by atoms with E-state index < -0.39 is 0 Å². The second-order valence-electron chi connectivity index (χ2n) is 5.80. The zero-order chi connectivity index (χ0) is 18.9. The fourth-order valence-corrected chi connectivity index (χ4v) is 2.48. The van der Waals surface area contributed by atoms with Crippen LogP contribution in [0.1, 0.15) is 5.56 Å². The number of amides is 1. The number of aryl methyl sites for hydroxylation is 1. The van der Waals surface area contributed by atoms with E-state index in [0.29, 0.717) is 11.5 Å². The van der Waals surface area contributed by atoms with Crippen molar-refractivity contribution in [2.24, 2.45) is 0 Å². The molecule has 0 aliphatic heterocycles. The molecule has 1 aromatic heterocycles. The van der Waals surface area contributed by atoms with Gasteiger partial charge in [0.15, 0.2) is 6.61 Å². The van der Waals surface area contributed by atoms with Crippen LogP contribution in [0.2, 0.25) is 0 Å². The molecule has 0 aliphatic rings. The lowest BCUT2D eigenvalue weighted by Gasteiger charge is -2.08. The summed E-state index contributed by atoms with van der Waals surface area (Å²) in [5, 5.41) is 3.71. The summed E-state index contributed by atoms with van der Waals surface area (Å²) < 4.78 is 11.2. The van der Waals surface area contributed by atoms with Crippen LogP contribution in [-0.4, -0.2) is 30.6 Å². The van der Waals surface area contributed by atoms with Gasteiger partial charge >= 0.3 is 0 Å². The molecule has 2 aromatic carbocycles. The summed E-state index contributed by atoms with van der Waals surface area (Å²) in [5.74, 6) is 6.92. The van der Waals surface area contributed by atoms with E-state index in [1.807, 2.05) is 61.5 Å². The van der Waals surface area contributed by atoms with Crippen molar-refractivity contribution in [2.45, 2.75) is 6.92 Å². The van der Waals surface area contributed by atoms with Crippen LogP contribution >= 0.6 is 0 Å². The summed E-state index contributed by atoms with van der Waals surface area (Å²) in [4.78, 5) is 16.1. The lowest BCUT2D eigenvalue weighted by atomic mass is 10.2. The third-order valence-corrected chi connectivity index (χ3v) is 3.85. The molecule has 3 aromatic rings. The largest absolute Gasteiger partial charge is 0.484 e. The predicted molar refractivity (Wildman–Crippen MR) is 105 cm³/mol. The number of nitrogens with zero attached hydrogens (tertiary/aromatic N) is 1. The number of hydrogen-bond donors (Lipinski definition) is 1. The molecule has 0 spiro atoms. The molecule has 0 atom stereocenters. The molecule has 0 unspecified atom stereocenters.